The zero-order valence-electron chi connectivity index (χ0n) is 17.4. The molecule has 1 atom stereocenters. The minimum absolute atomic E-state index is 0.0499. The van der Waals surface area contributed by atoms with Crippen LogP contribution in [-0.2, 0) is 0 Å². The van der Waals surface area contributed by atoms with Crippen molar-refractivity contribution < 1.29 is 18.7 Å². The predicted octanol–water partition coefficient (Wildman–Crippen LogP) is 4.65. The minimum atomic E-state index is -0.534. The van der Waals surface area contributed by atoms with E-state index in [1.807, 2.05) is 23.1 Å². The number of carbonyl (C=O) groups is 2. The molecule has 2 aromatic rings. The molecular formula is C24H26ClFN2O3. The van der Waals surface area contributed by atoms with Crippen LogP contribution in [0.5, 0.6) is 5.75 Å². The maximum absolute atomic E-state index is 13.4. The van der Waals surface area contributed by atoms with E-state index in [0.717, 1.165) is 38.8 Å². The number of amides is 2. The Bertz CT molecular complexity index is 962. The van der Waals surface area contributed by atoms with Crippen molar-refractivity contribution in [2.45, 2.75) is 25.7 Å². The van der Waals surface area contributed by atoms with Gasteiger partial charge in [-0.05, 0) is 62.1 Å². The summed E-state index contributed by atoms with van der Waals surface area (Å²) in [5.41, 5.74) is 1.04. The molecule has 2 fully saturated rings. The Hall–Kier alpha value is -2.60. The molecule has 31 heavy (non-hydrogen) atoms. The van der Waals surface area contributed by atoms with Crippen molar-refractivity contribution in [1.82, 2.24) is 9.80 Å². The molecule has 0 radical (unpaired) electrons. The van der Waals surface area contributed by atoms with Crippen LogP contribution in [0.25, 0.3) is 0 Å². The lowest BCUT2D eigenvalue weighted by Gasteiger charge is -2.32. The molecule has 2 saturated heterocycles. The van der Waals surface area contributed by atoms with Gasteiger partial charge in [0.05, 0.1) is 11.6 Å². The van der Waals surface area contributed by atoms with E-state index in [9.17, 15) is 14.0 Å². The third-order valence-corrected chi connectivity index (χ3v) is 6.22. The van der Waals surface area contributed by atoms with Crippen molar-refractivity contribution in [2.75, 3.05) is 32.8 Å². The molecule has 2 amide bonds. The lowest BCUT2D eigenvalue weighted by Crippen LogP contribution is -2.41. The van der Waals surface area contributed by atoms with Gasteiger partial charge in [0.15, 0.2) is 0 Å². The summed E-state index contributed by atoms with van der Waals surface area (Å²) in [5, 5.41) is -0.0499. The number of rotatable bonds is 5. The summed E-state index contributed by atoms with van der Waals surface area (Å²) in [7, 11) is 0. The van der Waals surface area contributed by atoms with Gasteiger partial charge in [0.2, 0.25) is 0 Å². The molecule has 0 saturated carbocycles. The Labute approximate surface area is 186 Å². The third kappa shape index (κ3) is 5.18. The van der Waals surface area contributed by atoms with E-state index in [1.165, 1.54) is 18.2 Å². The van der Waals surface area contributed by atoms with Crippen LogP contribution in [0.1, 0.15) is 46.4 Å². The van der Waals surface area contributed by atoms with E-state index in [4.69, 9.17) is 16.3 Å². The van der Waals surface area contributed by atoms with Crippen LogP contribution in [-0.4, -0.2) is 54.4 Å². The highest BCUT2D eigenvalue weighted by Gasteiger charge is 2.26. The molecule has 2 aromatic carbocycles. The van der Waals surface area contributed by atoms with Gasteiger partial charge in [-0.2, -0.15) is 0 Å². The number of ether oxygens (including phenoxy) is 1. The summed E-state index contributed by atoms with van der Waals surface area (Å²) in [4.78, 5) is 29.0. The Morgan fingerprint density at radius 1 is 0.968 bits per heavy atom. The van der Waals surface area contributed by atoms with Gasteiger partial charge in [0.1, 0.15) is 11.6 Å². The van der Waals surface area contributed by atoms with Crippen LogP contribution in [0.4, 0.5) is 4.39 Å². The number of likely N-dealkylation sites (tertiary alicyclic amines) is 2. The number of hydrogen-bond acceptors (Lipinski definition) is 3. The van der Waals surface area contributed by atoms with Gasteiger partial charge >= 0.3 is 0 Å². The van der Waals surface area contributed by atoms with Gasteiger partial charge in [0, 0.05) is 43.2 Å². The Kier molecular flexibility index (Phi) is 6.76. The summed E-state index contributed by atoms with van der Waals surface area (Å²) in [6, 6.07) is 11.4. The molecule has 2 heterocycles. The Morgan fingerprint density at radius 3 is 2.45 bits per heavy atom. The first-order valence-corrected chi connectivity index (χ1v) is 11.2. The average molecular weight is 445 g/mol. The number of halogens is 2. The predicted molar refractivity (Wildman–Crippen MR) is 117 cm³/mol. The third-order valence-electron chi connectivity index (χ3n) is 5.93. The fourth-order valence-electron chi connectivity index (χ4n) is 4.23. The van der Waals surface area contributed by atoms with Crippen molar-refractivity contribution in [3.63, 3.8) is 0 Å². The van der Waals surface area contributed by atoms with E-state index in [-0.39, 0.29) is 22.8 Å². The van der Waals surface area contributed by atoms with E-state index in [1.54, 1.807) is 11.0 Å². The zero-order chi connectivity index (χ0) is 21.8. The highest BCUT2D eigenvalue weighted by Crippen LogP contribution is 2.23. The lowest BCUT2D eigenvalue weighted by atomic mass is 9.98. The average Bonchev–Trinajstić information content (AvgIpc) is 3.34. The quantitative estimate of drug-likeness (QED) is 0.674. The van der Waals surface area contributed by atoms with Crippen LogP contribution in [0.15, 0.2) is 42.5 Å². The first kappa shape index (κ1) is 21.6. The molecule has 0 N–H and O–H groups in total. The van der Waals surface area contributed by atoms with Gasteiger partial charge in [0.25, 0.3) is 11.8 Å². The van der Waals surface area contributed by atoms with Gasteiger partial charge < -0.3 is 14.5 Å². The smallest absolute Gasteiger partial charge is 0.253 e. The monoisotopic (exact) mass is 444 g/mol. The summed E-state index contributed by atoms with van der Waals surface area (Å²) in [6.45, 7) is 3.32. The molecule has 5 nitrogen and oxygen atoms in total. The topological polar surface area (TPSA) is 49.9 Å². The number of carbonyl (C=O) groups excluding carboxylic acids is 2. The minimum Gasteiger partial charge on any atom is -0.493 e. The van der Waals surface area contributed by atoms with E-state index >= 15 is 0 Å². The maximum atomic E-state index is 13.4. The van der Waals surface area contributed by atoms with Gasteiger partial charge in [-0.15, -0.1) is 0 Å². The highest BCUT2D eigenvalue weighted by atomic mass is 35.5. The number of hydrogen-bond donors (Lipinski definition) is 0. The van der Waals surface area contributed by atoms with Gasteiger partial charge in [-0.1, -0.05) is 17.7 Å². The molecule has 4 rings (SSSR count). The number of nitrogens with zero attached hydrogens (tertiary/aromatic N) is 2. The lowest BCUT2D eigenvalue weighted by molar-refractivity contribution is 0.0632. The van der Waals surface area contributed by atoms with Crippen LogP contribution in [0.2, 0.25) is 5.02 Å². The maximum Gasteiger partial charge on any atom is 0.253 e. The molecule has 0 unspecified atom stereocenters. The summed E-state index contributed by atoms with van der Waals surface area (Å²) < 4.78 is 19.4. The molecule has 0 aliphatic carbocycles. The molecule has 0 bridgehead atoms. The molecule has 164 valence electrons. The molecule has 7 heteroatoms. The van der Waals surface area contributed by atoms with Gasteiger partial charge in [-0.3, -0.25) is 9.59 Å². The standard InChI is InChI=1S/C24H26ClFN2O3/c25-21-14-19(8-9-22(21)26)24(30)28-12-4-5-17(15-28)16-31-20-7-3-6-18(13-20)23(29)27-10-1-2-11-27/h3,6-9,13-14,17H,1-2,4-5,10-12,15-16H2/t17-/m0/s1. The molecule has 0 aromatic heterocycles. The summed E-state index contributed by atoms with van der Waals surface area (Å²) >= 11 is 5.83. The zero-order valence-corrected chi connectivity index (χ0v) is 18.1. The fourth-order valence-corrected chi connectivity index (χ4v) is 4.41. The van der Waals surface area contributed by atoms with E-state index < -0.39 is 5.82 Å². The van der Waals surface area contributed by atoms with Crippen LogP contribution >= 0.6 is 11.6 Å². The van der Waals surface area contributed by atoms with Crippen LogP contribution < -0.4 is 4.74 Å². The van der Waals surface area contributed by atoms with Gasteiger partial charge in [-0.25, -0.2) is 4.39 Å². The fraction of sp³-hybridized carbons (Fsp3) is 0.417. The van der Waals surface area contributed by atoms with Crippen LogP contribution in [0.3, 0.4) is 0 Å². The Morgan fingerprint density at radius 2 is 1.68 bits per heavy atom. The first-order chi connectivity index (χ1) is 15.0. The first-order valence-electron chi connectivity index (χ1n) is 10.8. The molecule has 2 aliphatic heterocycles. The second-order valence-electron chi connectivity index (χ2n) is 8.23. The van der Waals surface area contributed by atoms with Crippen molar-refractivity contribution in [3.05, 3.63) is 64.4 Å². The summed E-state index contributed by atoms with van der Waals surface area (Å²) in [6.07, 6.45) is 3.95. The van der Waals surface area contributed by atoms with Crippen molar-refractivity contribution in [3.8, 4) is 5.75 Å². The largest absolute Gasteiger partial charge is 0.493 e. The van der Waals surface area contributed by atoms with E-state index in [2.05, 4.69) is 0 Å². The second kappa shape index (κ2) is 9.69. The molecule has 0 spiro atoms. The van der Waals surface area contributed by atoms with Crippen molar-refractivity contribution in [2.24, 2.45) is 5.92 Å². The molecule has 2 aliphatic rings. The highest BCUT2D eigenvalue weighted by molar-refractivity contribution is 6.31. The van der Waals surface area contributed by atoms with Crippen LogP contribution in [0, 0.1) is 11.7 Å². The number of piperidine rings is 1. The summed E-state index contributed by atoms with van der Waals surface area (Å²) in [5.74, 6) is 0.221. The second-order valence-corrected chi connectivity index (χ2v) is 8.63. The number of benzene rings is 2. The Balaban J connectivity index is 1.34. The molecular weight excluding hydrogens is 419 g/mol. The SMILES string of the molecule is O=C(c1cccc(OC[C@H]2CCCN(C(=O)c3ccc(F)c(Cl)c3)C2)c1)N1CCCC1. The van der Waals surface area contributed by atoms with Crippen molar-refractivity contribution in [1.29, 1.82) is 0 Å². The normalized spacial score (nSPS) is 18.8. The van der Waals surface area contributed by atoms with E-state index in [0.29, 0.717) is 36.6 Å². The van der Waals surface area contributed by atoms with Crippen molar-refractivity contribution >= 4 is 23.4 Å².